The second kappa shape index (κ2) is 5.46. The van der Waals surface area contributed by atoms with Crippen molar-refractivity contribution in [1.29, 1.82) is 0 Å². The number of carbonyl (C=O) groups is 1. The molecule has 0 aliphatic carbocycles. The maximum atomic E-state index is 13.7. The Labute approximate surface area is 116 Å². The van der Waals surface area contributed by atoms with Crippen LogP contribution in [0.5, 0.6) is 0 Å². The SMILES string of the molecule is Nc1cc(F)c(Sc2ccc(F)c(F)c2)cc1C(=O)O. The van der Waals surface area contributed by atoms with E-state index in [1.807, 2.05) is 0 Å². The summed E-state index contributed by atoms with van der Waals surface area (Å²) in [5, 5.41) is 8.91. The Morgan fingerprint density at radius 3 is 2.35 bits per heavy atom. The van der Waals surface area contributed by atoms with Crippen molar-refractivity contribution in [2.45, 2.75) is 9.79 Å². The average molecular weight is 299 g/mol. The number of benzene rings is 2. The van der Waals surface area contributed by atoms with Gasteiger partial charge in [0.05, 0.1) is 5.56 Å². The van der Waals surface area contributed by atoms with Gasteiger partial charge in [-0.3, -0.25) is 0 Å². The fourth-order valence-corrected chi connectivity index (χ4v) is 2.39. The number of nitrogens with two attached hydrogens (primary N) is 1. The molecule has 104 valence electrons. The lowest BCUT2D eigenvalue weighted by atomic mass is 10.2. The maximum absolute atomic E-state index is 13.7. The van der Waals surface area contributed by atoms with Crippen LogP contribution < -0.4 is 5.73 Å². The minimum absolute atomic E-state index is 0.0393. The third-order valence-electron chi connectivity index (χ3n) is 2.45. The Morgan fingerprint density at radius 2 is 1.75 bits per heavy atom. The molecular formula is C13H8F3NO2S. The second-order valence-corrected chi connectivity index (χ2v) is 4.97. The summed E-state index contributed by atoms with van der Waals surface area (Å²) >= 11 is 0.777. The molecule has 0 heterocycles. The van der Waals surface area contributed by atoms with E-state index >= 15 is 0 Å². The lowest BCUT2D eigenvalue weighted by Crippen LogP contribution is -2.03. The van der Waals surface area contributed by atoms with Gasteiger partial charge in [0.1, 0.15) is 5.82 Å². The van der Waals surface area contributed by atoms with E-state index in [-0.39, 0.29) is 21.0 Å². The van der Waals surface area contributed by atoms with Gasteiger partial charge < -0.3 is 10.8 Å². The summed E-state index contributed by atoms with van der Waals surface area (Å²) in [5.74, 6) is -4.11. The molecule has 20 heavy (non-hydrogen) atoms. The highest BCUT2D eigenvalue weighted by atomic mass is 32.2. The molecule has 7 heteroatoms. The predicted molar refractivity (Wildman–Crippen MR) is 68.3 cm³/mol. The molecule has 0 spiro atoms. The van der Waals surface area contributed by atoms with Crippen LogP contribution in [-0.2, 0) is 0 Å². The summed E-state index contributed by atoms with van der Waals surface area (Å²) in [7, 11) is 0. The van der Waals surface area contributed by atoms with Gasteiger partial charge in [0.15, 0.2) is 11.6 Å². The minimum atomic E-state index is -1.30. The summed E-state index contributed by atoms with van der Waals surface area (Å²) in [4.78, 5) is 11.1. The molecule has 2 aromatic carbocycles. The summed E-state index contributed by atoms with van der Waals surface area (Å²) in [6.07, 6.45) is 0. The number of aromatic carboxylic acids is 1. The Bertz CT molecular complexity index is 692. The molecule has 3 nitrogen and oxygen atoms in total. The second-order valence-electron chi connectivity index (χ2n) is 3.85. The molecule has 3 N–H and O–H groups in total. The van der Waals surface area contributed by atoms with Crippen molar-refractivity contribution in [3.8, 4) is 0 Å². The van der Waals surface area contributed by atoms with Crippen molar-refractivity contribution in [1.82, 2.24) is 0 Å². The monoisotopic (exact) mass is 299 g/mol. The van der Waals surface area contributed by atoms with Gasteiger partial charge >= 0.3 is 5.97 Å². The number of halogens is 3. The lowest BCUT2D eigenvalue weighted by molar-refractivity contribution is 0.0697. The van der Waals surface area contributed by atoms with Gasteiger partial charge in [-0.2, -0.15) is 0 Å². The number of hydrogen-bond donors (Lipinski definition) is 2. The van der Waals surface area contributed by atoms with E-state index in [1.54, 1.807) is 0 Å². The highest BCUT2D eigenvalue weighted by Crippen LogP contribution is 2.33. The Hall–Kier alpha value is -2.15. The van der Waals surface area contributed by atoms with Crippen LogP contribution in [0.1, 0.15) is 10.4 Å². The normalized spacial score (nSPS) is 10.6. The van der Waals surface area contributed by atoms with Crippen LogP contribution in [0.2, 0.25) is 0 Å². The fourth-order valence-electron chi connectivity index (χ4n) is 1.50. The Balaban J connectivity index is 2.40. The molecule has 0 atom stereocenters. The standard InChI is InChI=1S/C13H8F3NO2S/c14-8-2-1-6(3-9(8)15)20-12-4-7(13(18)19)11(17)5-10(12)16/h1-5H,17H2,(H,18,19). The zero-order chi connectivity index (χ0) is 14.9. The molecule has 0 saturated heterocycles. The van der Waals surface area contributed by atoms with E-state index in [1.165, 1.54) is 6.07 Å². The molecule has 0 radical (unpaired) electrons. The number of rotatable bonds is 3. The molecule has 0 amide bonds. The van der Waals surface area contributed by atoms with Crippen molar-refractivity contribution in [2.75, 3.05) is 5.73 Å². The Morgan fingerprint density at radius 1 is 1.05 bits per heavy atom. The molecule has 0 aliphatic heterocycles. The van der Waals surface area contributed by atoms with Gasteiger partial charge in [-0.1, -0.05) is 11.8 Å². The van der Waals surface area contributed by atoms with Crippen LogP contribution in [0, 0.1) is 17.5 Å². The van der Waals surface area contributed by atoms with E-state index in [2.05, 4.69) is 0 Å². The maximum Gasteiger partial charge on any atom is 0.337 e. The van der Waals surface area contributed by atoms with Crippen LogP contribution in [0.25, 0.3) is 0 Å². The zero-order valence-corrected chi connectivity index (χ0v) is 10.7. The summed E-state index contributed by atoms with van der Waals surface area (Å²) in [5.41, 5.74) is 4.93. The summed E-state index contributed by atoms with van der Waals surface area (Å²) in [6, 6.07) is 5.01. The zero-order valence-electron chi connectivity index (χ0n) is 9.86. The van der Waals surface area contributed by atoms with Crippen molar-refractivity contribution >= 4 is 23.4 Å². The Kier molecular flexibility index (Phi) is 3.89. The van der Waals surface area contributed by atoms with E-state index in [0.717, 1.165) is 36.0 Å². The van der Waals surface area contributed by atoms with Crippen molar-refractivity contribution in [2.24, 2.45) is 0 Å². The van der Waals surface area contributed by atoms with E-state index in [4.69, 9.17) is 10.8 Å². The highest BCUT2D eigenvalue weighted by Gasteiger charge is 2.14. The predicted octanol–water partition coefficient (Wildman–Crippen LogP) is 3.54. The van der Waals surface area contributed by atoms with Gasteiger partial charge in [-0.15, -0.1) is 0 Å². The smallest absolute Gasteiger partial charge is 0.337 e. The first kappa shape index (κ1) is 14.3. The third kappa shape index (κ3) is 2.88. The summed E-state index contributed by atoms with van der Waals surface area (Å²) < 4.78 is 39.5. The van der Waals surface area contributed by atoms with Crippen LogP contribution in [0.15, 0.2) is 40.1 Å². The molecule has 0 unspecified atom stereocenters. The van der Waals surface area contributed by atoms with Crippen LogP contribution in [-0.4, -0.2) is 11.1 Å². The number of nitrogen functional groups attached to an aromatic ring is 1. The molecule has 0 aromatic heterocycles. The first-order valence-electron chi connectivity index (χ1n) is 5.33. The third-order valence-corrected chi connectivity index (χ3v) is 3.48. The van der Waals surface area contributed by atoms with Gasteiger partial charge in [0.2, 0.25) is 0 Å². The quantitative estimate of drug-likeness (QED) is 0.851. The van der Waals surface area contributed by atoms with Crippen LogP contribution >= 0.6 is 11.8 Å². The molecule has 2 aromatic rings. The van der Waals surface area contributed by atoms with Crippen molar-refractivity contribution < 1.29 is 23.1 Å². The largest absolute Gasteiger partial charge is 0.478 e. The van der Waals surface area contributed by atoms with Crippen molar-refractivity contribution in [3.63, 3.8) is 0 Å². The van der Waals surface area contributed by atoms with E-state index < -0.39 is 23.4 Å². The molecule has 0 aliphatic rings. The van der Waals surface area contributed by atoms with Crippen molar-refractivity contribution in [3.05, 3.63) is 53.3 Å². The van der Waals surface area contributed by atoms with Crippen LogP contribution in [0.4, 0.5) is 18.9 Å². The van der Waals surface area contributed by atoms with Crippen LogP contribution in [0.3, 0.4) is 0 Å². The molecule has 2 rings (SSSR count). The van der Waals surface area contributed by atoms with Gasteiger partial charge in [-0.05, 0) is 30.3 Å². The first-order chi connectivity index (χ1) is 9.38. The lowest BCUT2D eigenvalue weighted by Gasteiger charge is -2.07. The highest BCUT2D eigenvalue weighted by molar-refractivity contribution is 7.99. The number of anilines is 1. The topological polar surface area (TPSA) is 63.3 Å². The number of carboxylic acids is 1. The molecule has 0 bridgehead atoms. The molecule has 0 fully saturated rings. The van der Waals surface area contributed by atoms with E-state index in [0.29, 0.717) is 0 Å². The van der Waals surface area contributed by atoms with Gasteiger partial charge in [0, 0.05) is 15.5 Å². The number of hydrogen-bond acceptors (Lipinski definition) is 3. The summed E-state index contributed by atoms with van der Waals surface area (Å²) in [6.45, 7) is 0. The fraction of sp³-hybridized carbons (Fsp3) is 0. The minimum Gasteiger partial charge on any atom is -0.478 e. The molecule has 0 saturated carbocycles. The van der Waals surface area contributed by atoms with Gasteiger partial charge in [-0.25, -0.2) is 18.0 Å². The van der Waals surface area contributed by atoms with E-state index in [9.17, 15) is 18.0 Å². The first-order valence-corrected chi connectivity index (χ1v) is 6.15. The number of carboxylic acid groups (broad SMARTS) is 1. The average Bonchev–Trinajstić information content (AvgIpc) is 2.36. The van der Waals surface area contributed by atoms with Gasteiger partial charge in [0.25, 0.3) is 0 Å². The molecular weight excluding hydrogens is 291 g/mol.